The highest BCUT2D eigenvalue weighted by molar-refractivity contribution is 7.16. The van der Waals surface area contributed by atoms with E-state index in [1.54, 1.807) is 37.2 Å². The smallest absolute Gasteiger partial charge is 0.257 e. The first-order valence-electron chi connectivity index (χ1n) is 8.90. The van der Waals surface area contributed by atoms with Gasteiger partial charge in [-0.2, -0.15) is 0 Å². The quantitative estimate of drug-likeness (QED) is 0.704. The molecule has 7 nitrogen and oxygen atoms in total. The van der Waals surface area contributed by atoms with Crippen molar-refractivity contribution >= 4 is 33.2 Å². The van der Waals surface area contributed by atoms with Crippen LogP contribution in [0.5, 0.6) is 5.88 Å². The highest BCUT2D eigenvalue weighted by atomic mass is 32.1. The van der Waals surface area contributed by atoms with Gasteiger partial charge in [0.2, 0.25) is 0 Å². The highest BCUT2D eigenvalue weighted by Gasteiger charge is 2.40. The number of methoxy groups -OCH3 is 1. The molecule has 8 heteroatoms. The van der Waals surface area contributed by atoms with Crippen LogP contribution in [0.2, 0.25) is 0 Å². The van der Waals surface area contributed by atoms with E-state index in [0.717, 1.165) is 47.9 Å². The Hall–Kier alpha value is -2.48. The van der Waals surface area contributed by atoms with Crippen molar-refractivity contribution in [3.05, 3.63) is 30.2 Å². The van der Waals surface area contributed by atoms with E-state index >= 15 is 0 Å². The monoisotopic (exact) mass is 368 g/mol. The van der Waals surface area contributed by atoms with Crippen LogP contribution in [0.3, 0.4) is 0 Å². The van der Waals surface area contributed by atoms with Crippen LogP contribution in [-0.2, 0) is 0 Å². The summed E-state index contributed by atoms with van der Waals surface area (Å²) in [5.41, 5.74) is 0. The molecule has 5 rings (SSSR count). The summed E-state index contributed by atoms with van der Waals surface area (Å²) >= 11 is 1.67. The number of piperidine rings is 1. The third-order valence-electron chi connectivity index (χ3n) is 5.51. The number of aromatic nitrogens is 4. The minimum absolute atomic E-state index is 0.425. The number of thiophene rings is 1. The van der Waals surface area contributed by atoms with E-state index in [0.29, 0.717) is 17.8 Å². The van der Waals surface area contributed by atoms with Crippen molar-refractivity contribution in [3.8, 4) is 5.88 Å². The van der Waals surface area contributed by atoms with E-state index in [2.05, 4.69) is 41.2 Å². The Balaban J connectivity index is 1.47. The van der Waals surface area contributed by atoms with Crippen molar-refractivity contribution in [2.75, 3.05) is 36.5 Å². The number of nitrogens with zero attached hydrogens (tertiary/aromatic N) is 6. The van der Waals surface area contributed by atoms with Gasteiger partial charge in [0.05, 0.1) is 18.5 Å². The molecule has 0 saturated carbocycles. The summed E-state index contributed by atoms with van der Waals surface area (Å²) < 4.78 is 5.42. The largest absolute Gasteiger partial charge is 0.478 e. The zero-order valence-electron chi connectivity index (χ0n) is 14.6. The van der Waals surface area contributed by atoms with Crippen LogP contribution in [0, 0.1) is 5.92 Å². The fourth-order valence-corrected chi connectivity index (χ4v) is 5.01. The molecule has 0 aromatic carbocycles. The van der Waals surface area contributed by atoms with E-state index < -0.39 is 0 Å². The van der Waals surface area contributed by atoms with Crippen molar-refractivity contribution < 1.29 is 4.74 Å². The molecule has 5 heterocycles. The van der Waals surface area contributed by atoms with Crippen molar-refractivity contribution in [2.45, 2.75) is 18.9 Å². The van der Waals surface area contributed by atoms with Crippen molar-refractivity contribution in [1.29, 1.82) is 0 Å². The summed E-state index contributed by atoms with van der Waals surface area (Å²) in [5.74, 6) is 3.19. The van der Waals surface area contributed by atoms with Crippen LogP contribution < -0.4 is 14.5 Å². The standard InChI is InChI=1S/C18H20N6OS/c1-25-17-16(19-5-6-20-17)23-7-2-12-3-8-24(14(12)10-23)15-13-4-9-26-18(13)22-11-21-15/h4-6,9,11-12,14H,2-3,7-8,10H2,1H3. The third-order valence-corrected chi connectivity index (χ3v) is 6.34. The second-order valence-corrected chi connectivity index (χ2v) is 7.66. The molecule has 0 spiro atoms. The van der Waals surface area contributed by atoms with E-state index in [1.165, 1.54) is 6.42 Å². The highest BCUT2D eigenvalue weighted by Crippen LogP contribution is 2.39. The van der Waals surface area contributed by atoms with Crippen molar-refractivity contribution in [2.24, 2.45) is 5.92 Å². The number of rotatable bonds is 3. The lowest BCUT2D eigenvalue weighted by Gasteiger charge is -2.39. The number of ether oxygens (including phenoxy) is 1. The van der Waals surface area contributed by atoms with Gasteiger partial charge in [0.15, 0.2) is 5.82 Å². The molecule has 2 aliphatic rings. The summed E-state index contributed by atoms with van der Waals surface area (Å²) in [6, 6.07) is 2.56. The van der Waals surface area contributed by atoms with Crippen molar-refractivity contribution in [3.63, 3.8) is 0 Å². The number of hydrogen-bond donors (Lipinski definition) is 0. The summed E-state index contributed by atoms with van der Waals surface area (Å²) in [7, 11) is 1.65. The molecule has 0 amide bonds. The van der Waals surface area contributed by atoms with Gasteiger partial charge in [-0.05, 0) is 30.2 Å². The maximum atomic E-state index is 5.42. The molecular formula is C18H20N6OS. The first-order chi connectivity index (χ1) is 12.8. The molecule has 0 radical (unpaired) electrons. The van der Waals surface area contributed by atoms with Crippen molar-refractivity contribution in [1.82, 2.24) is 19.9 Å². The second kappa shape index (κ2) is 6.35. The zero-order chi connectivity index (χ0) is 17.5. The van der Waals surface area contributed by atoms with E-state index in [1.807, 2.05) is 0 Å². The van der Waals surface area contributed by atoms with Gasteiger partial charge in [-0.15, -0.1) is 11.3 Å². The fraction of sp³-hybridized carbons (Fsp3) is 0.444. The Kier molecular flexibility index (Phi) is 3.85. The molecule has 2 fully saturated rings. The SMILES string of the molecule is COc1nccnc1N1CCC2CCN(c3ncnc4sccc34)C2C1. The van der Waals surface area contributed by atoms with E-state index in [9.17, 15) is 0 Å². The molecule has 0 bridgehead atoms. The minimum atomic E-state index is 0.425. The van der Waals surface area contributed by atoms with Crippen LogP contribution in [0.15, 0.2) is 30.2 Å². The Morgan fingerprint density at radius 2 is 1.96 bits per heavy atom. The molecule has 3 aromatic rings. The average Bonchev–Trinajstić information content (AvgIpc) is 3.34. The third kappa shape index (κ3) is 2.47. The van der Waals surface area contributed by atoms with Gasteiger partial charge in [0.1, 0.15) is 17.0 Å². The Morgan fingerprint density at radius 3 is 2.88 bits per heavy atom. The second-order valence-electron chi connectivity index (χ2n) is 6.77. The first-order valence-corrected chi connectivity index (χ1v) is 9.78. The Morgan fingerprint density at radius 1 is 1.08 bits per heavy atom. The molecule has 2 atom stereocenters. The summed E-state index contributed by atoms with van der Waals surface area (Å²) in [5, 5.41) is 3.25. The summed E-state index contributed by atoms with van der Waals surface area (Å²) in [6.45, 7) is 2.94. The molecular weight excluding hydrogens is 348 g/mol. The summed E-state index contributed by atoms with van der Waals surface area (Å²) in [6.07, 6.45) is 7.46. The van der Waals surface area contributed by atoms with Crippen LogP contribution in [0.1, 0.15) is 12.8 Å². The Bertz CT molecular complexity index is 931. The van der Waals surface area contributed by atoms with Gasteiger partial charge in [-0.3, -0.25) is 0 Å². The first kappa shape index (κ1) is 15.7. The Labute approximate surface area is 155 Å². The van der Waals surface area contributed by atoms with E-state index in [4.69, 9.17) is 4.74 Å². The molecule has 0 N–H and O–H groups in total. The molecule has 0 aliphatic carbocycles. The average molecular weight is 368 g/mol. The predicted octanol–water partition coefficient (Wildman–Crippen LogP) is 2.60. The maximum Gasteiger partial charge on any atom is 0.257 e. The topological polar surface area (TPSA) is 67.3 Å². The lowest BCUT2D eigenvalue weighted by molar-refractivity contribution is 0.371. The summed E-state index contributed by atoms with van der Waals surface area (Å²) in [4.78, 5) is 23.7. The number of fused-ring (bicyclic) bond motifs is 2. The van der Waals surface area contributed by atoms with Crippen LogP contribution >= 0.6 is 11.3 Å². The van der Waals surface area contributed by atoms with Gasteiger partial charge >= 0.3 is 0 Å². The van der Waals surface area contributed by atoms with E-state index in [-0.39, 0.29) is 0 Å². The number of hydrogen-bond acceptors (Lipinski definition) is 8. The van der Waals surface area contributed by atoms with Crippen LogP contribution in [-0.4, -0.2) is 52.7 Å². The molecule has 26 heavy (non-hydrogen) atoms. The van der Waals surface area contributed by atoms with Gasteiger partial charge in [0.25, 0.3) is 5.88 Å². The van der Waals surface area contributed by atoms with Gasteiger partial charge in [-0.1, -0.05) is 0 Å². The fourth-order valence-electron chi connectivity index (χ4n) is 4.28. The predicted molar refractivity (Wildman–Crippen MR) is 102 cm³/mol. The van der Waals surface area contributed by atoms with Crippen LogP contribution in [0.4, 0.5) is 11.6 Å². The molecule has 2 saturated heterocycles. The number of anilines is 2. The normalized spacial score (nSPS) is 22.7. The maximum absolute atomic E-state index is 5.42. The van der Waals surface area contributed by atoms with Gasteiger partial charge < -0.3 is 14.5 Å². The zero-order valence-corrected chi connectivity index (χ0v) is 15.4. The molecule has 2 aliphatic heterocycles. The lowest BCUT2D eigenvalue weighted by atomic mass is 9.92. The van der Waals surface area contributed by atoms with Crippen LogP contribution in [0.25, 0.3) is 10.2 Å². The minimum Gasteiger partial charge on any atom is -0.478 e. The molecule has 3 aromatic heterocycles. The molecule has 134 valence electrons. The van der Waals surface area contributed by atoms with Gasteiger partial charge in [-0.25, -0.2) is 19.9 Å². The lowest BCUT2D eigenvalue weighted by Crippen LogP contribution is -2.49. The van der Waals surface area contributed by atoms with Gasteiger partial charge in [0, 0.05) is 32.0 Å². The molecule has 2 unspecified atom stereocenters.